The van der Waals surface area contributed by atoms with E-state index < -0.39 is 6.03 Å². The fraction of sp³-hybridized carbons (Fsp3) is 0.292. The number of aromatic amines is 1. The minimum Gasteiger partial charge on any atom is -0.395 e. The quantitative estimate of drug-likeness (QED) is 0.264. The summed E-state index contributed by atoms with van der Waals surface area (Å²) in [7, 11) is 0. The third-order valence-corrected chi connectivity index (χ3v) is 5.92. The summed E-state index contributed by atoms with van der Waals surface area (Å²) in [4.78, 5) is 26.0. The Morgan fingerprint density at radius 1 is 1.12 bits per heavy atom. The maximum atomic E-state index is 13.5. The van der Waals surface area contributed by atoms with Gasteiger partial charge in [0.15, 0.2) is 5.78 Å². The molecule has 2 aliphatic rings. The van der Waals surface area contributed by atoms with Gasteiger partial charge >= 0.3 is 6.03 Å². The Morgan fingerprint density at radius 3 is 2.68 bits per heavy atom. The first kappa shape index (κ1) is 22.2. The molecule has 1 aliphatic carbocycles. The maximum absolute atomic E-state index is 13.5. The van der Waals surface area contributed by atoms with Crippen LogP contribution in [0.1, 0.15) is 21.5 Å². The summed E-state index contributed by atoms with van der Waals surface area (Å²) < 4.78 is 5.30. The zero-order valence-electron chi connectivity index (χ0n) is 18.6. The number of carbonyl (C=O) groups is 2. The van der Waals surface area contributed by atoms with Crippen LogP contribution in [-0.4, -0.2) is 71.6 Å². The number of aliphatic hydroxyl groups excluding tert-OH is 1. The fourth-order valence-electron chi connectivity index (χ4n) is 4.26. The number of benzene rings is 2. The van der Waals surface area contributed by atoms with Crippen molar-refractivity contribution in [1.82, 2.24) is 25.9 Å². The van der Waals surface area contributed by atoms with E-state index in [-0.39, 0.29) is 12.4 Å². The number of nitrogens with zero attached hydrogens (tertiary/aromatic N) is 2. The molecule has 5 rings (SSSR count). The summed E-state index contributed by atoms with van der Waals surface area (Å²) in [5.74, 6) is -0.176. The number of morpholine rings is 1. The SMILES string of the molecule is O=C(Nc1cccc2c1C(=O)c1c(-c3ccc(CNCCO)cc3)n[nH]c1-2)NN1CCOCC1. The summed E-state index contributed by atoms with van der Waals surface area (Å²) in [5, 5.41) is 24.1. The van der Waals surface area contributed by atoms with Gasteiger partial charge in [-0.15, -0.1) is 0 Å². The summed E-state index contributed by atoms with van der Waals surface area (Å²) >= 11 is 0. The van der Waals surface area contributed by atoms with E-state index in [1.807, 2.05) is 30.3 Å². The standard InChI is InChI=1S/C24H26N6O4/c31-11-8-25-14-15-4-6-16(7-5-15)21-20-22(28-27-21)17-2-1-3-18(19(17)23(20)32)26-24(33)29-30-9-12-34-13-10-30/h1-7,25,31H,8-14H2,(H,27,28)(H2,26,29,33). The lowest BCUT2D eigenvalue weighted by Crippen LogP contribution is -2.49. The van der Waals surface area contributed by atoms with E-state index in [9.17, 15) is 9.59 Å². The number of rotatable bonds is 7. The number of hydrogen-bond donors (Lipinski definition) is 5. The highest BCUT2D eigenvalue weighted by Crippen LogP contribution is 2.42. The summed E-state index contributed by atoms with van der Waals surface area (Å²) in [6, 6.07) is 12.8. The topological polar surface area (TPSA) is 132 Å². The Bertz CT molecular complexity index is 1200. The average Bonchev–Trinajstić information content (AvgIpc) is 3.41. The van der Waals surface area contributed by atoms with Crippen LogP contribution in [0.3, 0.4) is 0 Å². The van der Waals surface area contributed by atoms with Crippen LogP contribution in [0.2, 0.25) is 0 Å². The third-order valence-electron chi connectivity index (χ3n) is 5.92. The third kappa shape index (κ3) is 4.31. The first-order valence-electron chi connectivity index (χ1n) is 11.2. The number of H-pyrrole nitrogens is 1. The Labute approximate surface area is 196 Å². The molecular weight excluding hydrogens is 436 g/mol. The number of aromatic nitrogens is 2. The van der Waals surface area contributed by atoms with Gasteiger partial charge in [-0.05, 0) is 11.6 Å². The summed E-state index contributed by atoms with van der Waals surface area (Å²) in [6.07, 6.45) is 0. The number of urea groups is 1. The molecule has 5 N–H and O–H groups in total. The molecule has 2 heterocycles. The predicted octanol–water partition coefficient (Wildman–Crippen LogP) is 1.74. The van der Waals surface area contributed by atoms with E-state index in [4.69, 9.17) is 9.84 Å². The summed E-state index contributed by atoms with van der Waals surface area (Å²) in [6.45, 7) is 3.60. The van der Waals surface area contributed by atoms with Gasteiger partial charge in [-0.3, -0.25) is 15.3 Å². The number of nitrogens with one attached hydrogen (secondary N) is 4. The van der Waals surface area contributed by atoms with E-state index in [0.29, 0.717) is 73.2 Å². The zero-order valence-corrected chi connectivity index (χ0v) is 18.6. The number of ketones is 1. The molecule has 1 fully saturated rings. The van der Waals surface area contributed by atoms with E-state index in [1.54, 1.807) is 17.1 Å². The van der Waals surface area contributed by atoms with Gasteiger partial charge < -0.3 is 20.5 Å². The number of aliphatic hydroxyl groups is 1. The monoisotopic (exact) mass is 462 g/mol. The second-order valence-electron chi connectivity index (χ2n) is 8.14. The lowest BCUT2D eigenvalue weighted by molar-refractivity contribution is 0.0207. The first-order chi connectivity index (χ1) is 16.7. The number of ether oxygens (including phenoxy) is 1. The Kier molecular flexibility index (Phi) is 6.37. The van der Waals surface area contributed by atoms with Crippen molar-refractivity contribution >= 4 is 17.5 Å². The molecule has 176 valence electrons. The second-order valence-corrected chi connectivity index (χ2v) is 8.14. The van der Waals surface area contributed by atoms with Gasteiger partial charge in [0.05, 0.1) is 42.3 Å². The van der Waals surface area contributed by atoms with Gasteiger partial charge in [0.1, 0.15) is 5.69 Å². The van der Waals surface area contributed by atoms with Gasteiger partial charge in [0.25, 0.3) is 0 Å². The molecule has 0 radical (unpaired) electrons. The molecule has 1 aliphatic heterocycles. The van der Waals surface area contributed by atoms with Crippen molar-refractivity contribution in [2.24, 2.45) is 0 Å². The molecule has 10 heteroatoms. The van der Waals surface area contributed by atoms with E-state index in [2.05, 4.69) is 26.3 Å². The molecule has 1 aromatic heterocycles. The van der Waals surface area contributed by atoms with E-state index in [0.717, 1.165) is 11.1 Å². The Balaban J connectivity index is 1.36. The molecule has 0 atom stereocenters. The van der Waals surface area contributed by atoms with Crippen LogP contribution in [0.4, 0.5) is 10.5 Å². The van der Waals surface area contributed by atoms with Crippen molar-refractivity contribution in [2.45, 2.75) is 6.54 Å². The van der Waals surface area contributed by atoms with Crippen LogP contribution in [0.5, 0.6) is 0 Å². The smallest absolute Gasteiger partial charge is 0.333 e. The van der Waals surface area contributed by atoms with Gasteiger partial charge in [0.2, 0.25) is 0 Å². The molecule has 10 nitrogen and oxygen atoms in total. The number of hydrogen-bond acceptors (Lipinski definition) is 7. The highest BCUT2D eigenvalue weighted by molar-refractivity contribution is 6.26. The van der Waals surface area contributed by atoms with Crippen molar-refractivity contribution in [2.75, 3.05) is 44.8 Å². The summed E-state index contributed by atoms with van der Waals surface area (Å²) in [5.41, 5.74) is 8.05. The van der Waals surface area contributed by atoms with Crippen molar-refractivity contribution < 1.29 is 19.4 Å². The van der Waals surface area contributed by atoms with E-state index >= 15 is 0 Å². The van der Waals surface area contributed by atoms with Crippen LogP contribution in [0, 0.1) is 0 Å². The Morgan fingerprint density at radius 2 is 1.91 bits per heavy atom. The number of hydrazine groups is 1. The molecule has 2 amide bonds. The van der Waals surface area contributed by atoms with Crippen LogP contribution in [0.25, 0.3) is 22.5 Å². The van der Waals surface area contributed by atoms with Crippen LogP contribution in [0.15, 0.2) is 42.5 Å². The lowest BCUT2D eigenvalue weighted by Gasteiger charge is -2.27. The average molecular weight is 463 g/mol. The molecule has 3 aromatic rings. The Hall–Kier alpha value is -3.57. The van der Waals surface area contributed by atoms with Crippen LogP contribution >= 0.6 is 0 Å². The van der Waals surface area contributed by atoms with Crippen molar-refractivity contribution in [1.29, 1.82) is 0 Å². The fourth-order valence-corrected chi connectivity index (χ4v) is 4.26. The van der Waals surface area contributed by atoms with Crippen molar-refractivity contribution in [3.05, 3.63) is 59.2 Å². The number of carbonyl (C=O) groups excluding carboxylic acids is 2. The lowest BCUT2D eigenvalue weighted by atomic mass is 10.0. The molecule has 0 spiro atoms. The molecule has 0 bridgehead atoms. The maximum Gasteiger partial charge on any atom is 0.333 e. The zero-order chi connectivity index (χ0) is 23.5. The molecular formula is C24H26N6O4. The number of anilines is 1. The van der Waals surface area contributed by atoms with Crippen molar-refractivity contribution in [3.63, 3.8) is 0 Å². The molecule has 0 unspecified atom stereocenters. The number of amides is 2. The number of fused-ring (bicyclic) bond motifs is 3. The normalized spacial score (nSPS) is 15.1. The van der Waals surface area contributed by atoms with Gasteiger partial charge in [0, 0.05) is 37.3 Å². The van der Waals surface area contributed by atoms with E-state index in [1.165, 1.54) is 0 Å². The first-order valence-corrected chi connectivity index (χ1v) is 11.2. The van der Waals surface area contributed by atoms with Gasteiger partial charge in [-0.1, -0.05) is 36.4 Å². The van der Waals surface area contributed by atoms with Crippen LogP contribution in [-0.2, 0) is 11.3 Å². The second kappa shape index (κ2) is 9.74. The largest absolute Gasteiger partial charge is 0.395 e. The molecule has 1 saturated heterocycles. The van der Waals surface area contributed by atoms with Crippen LogP contribution < -0.4 is 16.1 Å². The minimum absolute atomic E-state index is 0.0892. The van der Waals surface area contributed by atoms with Crippen molar-refractivity contribution in [3.8, 4) is 22.5 Å². The highest BCUT2D eigenvalue weighted by Gasteiger charge is 2.35. The molecule has 0 saturated carbocycles. The highest BCUT2D eigenvalue weighted by atomic mass is 16.5. The van der Waals surface area contributed by atoms with Gasteiger partial charge in [-0.25, -0.2) is 9.80 Å². The minimum atomic E-state index is -0.401. The molecule has 2 aromatic carbocycles. The van der Waals surface area contributed by atoms with Gasteiger partial charge in [-0.2, -0.15) is 5.10 Å². The molecule has 34 heavy (non-hydrogen) atoms. The predicted molar refractivity (Wildman–Crippen MR) is 126 cm³/mol.